The number of hydrogen-bond acceptors (Lipinski definition) is 10. The molecule has 0 aliphatic heterocycles. The van der Waals surface area contributed by atoms with Crippen molar-refractivity contribution in [1.82, 2.24) is 0 Å². The second-order valence-electron chi connectivity index (χ2n) is 21.9. The Hall–Kier alpha value is -3.08. The number of phosphoric ester groups is 1. The van der Waals surface area contributed by atoms with Crippen molar-refractivity contribution >= 4 is 25.7 Å². The number of phosphoric acid groups is 1. The monoisotopic (exact) mass is 1140 g/mol. The number of ether oxygens (including phenoxy) is 3. The van der Waals surface area contributed by atoms with Crippen molar-refractivity contribution in [1.29, 1.82) is 0 Å². The summed E-state index contributed by atoms with van der Waals surface area (Å²) in [5.41, 5.74) is 0. The third-order valence-corrected chi connectivity index (χ3v) is 15.0. The molecule has 464 valence electrons. The Balaban J connectivity index is 4.72. The zero-order valence-corrected chi connectivity index (χ0v) is 52.4. The second-order valence-corrected chi connectivity index (χ2v) is 23.3. The maximum atomic E-state index is 13.0. The summed E-state index contributed by atoms with van der Waals surface area (Å²) in [4.78, 5) is 48.8. The zero-order valence-electron chi connectivity index (χ0n) is 51.5. The Morgan fingerprint density at radius 1 is 0.362 bits per heavy atom. The minimum Gasteiger partial charge on any atom is -0.462 e. The van der Waals surface area contributed by atoms with Gasteiger partial charge in [-0.15, -0.1) is 0 Å². The predicted molar refractivity (Wildman–Crippen MR) is 335 cm³/mol. The molecule has 0 fully saturated rings. The lowest BCUT2D eigenvalue weighted by Crippen LogP contribution is -2.30. The topological polar surface area (TPSA) is 155 Å². The quantitative estimate of drug-likeness (QED) is 0.0197. The van der Waals surface area contributed by atoms with Gasteiger partial charge < -0.3 is 24.2 Å². The van der Waals surface area contributed by atoms with E-state index in [0.29, 0.717) is 19.3 Å². The molecule has 0 heterocycles. The van der Waals surface area contributed by atoms with Gasteiger partial charge in [0.15, 0.2) is 6.10 Å². The van der Waals surface area contributed by atoms with Crippen molar-refractivity contribution in [3.05, 3.63) is 72.9 Å². The molecule has 0 aliphatic rings. The van der Waals surface area contributed by atoms with Gasteiger partial charge in [0, 0.05) is 19.3 Å². The number of hydrogen-bond donors (Lipinski definition) is 2. The summed E-state index contributed by atoms with van der Waals surface area (Å²) in [7, 11) is -4.76. The van der Waals surface area contributed by atoms with Gasteiger partial charge in [0.2, 0.25) is 0 Å². The number of unbranched alkanes of at least 4 members (excludes halogenated alkanes) is 32. The van der Waals surface area contributed by atoms with Crippen LogP contribution in [0, 0.1) is 0 Å². The molecule has 0 spiro atoms. The molecule has 3 unspecified atom stereocenters. The minimum atomic E-state index is -4.76. The second kappa shape index (κ2) is 62.0. The number of allylic oxidation sites excluding steroid dienone is 12. The molecule has 0 bridgehead atoms. The largest absolute Gasteiger partial charge is 0.472 e. The standard InChI is InChI=1S/C68H121O11P/c1-4-7-10-13-16-19-22-25-28-30-32-34-37-39-42-45-48-51-54-57-66(70)75-61-65(79-68(72)59-56-53-50-47-44-41-38-35-33-31-29-26-23-20-17-14-11-8-5-2)63-77-80(73,74)76-62-64(60-69)78-67(71)58-55-52-49-46-43-40-36-27-24-21-18-15-12-9-6-3/h7,10,16,19,25-29,32,34,36,64-65,69H,4-6,8-9,11-15,17-18,20-24,30-31,33,35,37-63H2,1-3H3,(H,73,74)/b10-7-,19-16-,28-25-,29-26-,34-32-,36-27-. The van der Waals surface area contributed by atoms with E-state index >= 15 is 0 Å². The fraction of sp³-hybridized carbons (Fsp3) is 0.779. The first-order valence-electron chi connectivity index (χ1n) is 32.8. The van der Waals surface area contributed by atoms with Gasteiger partial charge in [0.05, 0.1) is 19.8 Å². The van der Waals surface area contributed by atoms with E-state index in [2.05, 4.69) is 93.7 Å². The van der Waals surface area contributed by atoms with Crippen LogP contribution in [0.15, 0.2) is 72.9 Å². The highest BCUT2D eigenvalue weighted by Gasteiger charge is 2.28. The van der Waals surface area contributed by atoms with Gasteiger partial charge in [-0.25, -0.2) is 4.57 Å². The Morgan fingerprint density at radius 3 is 1.01 bits per heavy atom. The third-order valence-electron chi connectivity index (χ3n) is 14.1. The molecule has 0 radical (unpaired) electrons. The van der Waals surface area contributed by atoms with Gasteiger partial charge in [0.1, 0.15) is 12.7 Å². The van der Waals surface area contributed by atoms with Crippen LogP contribution in [0.3, 0.4) is 0 Å². The molecule has 11 nitrogen and oxygen atoms in total. The van der Waals surface area contributed by atoms with E-state index < -0.39 is 57.8 Å². The van der Waals surface area contributed by atoms with Crippen molar-refractivity contribution in [3.8, 4) is 0 Å². The van der Waals surface area contributed by atoms with Gasteiger partial charge >= 0.3 is 25.7 Å². The number of rotatable bonds is 61. The summed E-state index contributed by atoms with van der Waals surface area (Å²) < 4.78 is 39.7. The smallest absolute Gasteiger partial charge is 0.462 e. The van der Waals surface area contributed by atoms with Crippen molar-refractivity contribution < 1.29 is 52.2 Å². The van der Waals surface area contributed by atoms with Gasteiger partial charge in [-0.05, 0) is 109 Å². The molecule has 0 aliphatic carbocycles. The van der Waals surface area contributed by atoms with Crippen LogP contribution in [0.4, 0.5) is 0 Å². The normalized spacial score (nSPS) is 13.7. The highest BCUT2D eigenvalue weighted by molar-refractivity contribution is 7.47. The molecule has 0 amide bonds. The van der Waals surface area contributed by atoms with Crippen molar-refractivity contribution in [3.63, 3.8) is 0 Å². The SMILES string of the molecule is CC/C=C\C/C=C\C/C=C\C/C=C\CCCCCCCCC(=O)OCC(COP(=O)(O)OCC(CO)OC(=O)CCCCCCC/C=C\CCCCCCCC)OC(=O)CCCCCCCCCCC/C=C\CCCCCCCC. The van der Waals surface area contributed by atoms with E-state index in [1.54, 1.807) is 0 Å². The van der Waals surface area contributed by atoms with Crippen molar-refractivity contribution in [2.24, 2.45) is 0 Å². The first-order valence-corrected chi connectivity index (χ1v) is 34.3. The lowest BCUT2D eigenvalue weighted by atomic mass is 10.1. The molecular formula is C68H121O11P. The van der Waals surface area contributed by atoms with Crippen molar-refractivity contribution in [2.75, 3.05) is 26.4 Å². The van der Waals surface area contributed by atoms with Crippen LogP contribution in [-0.4, -0.2) is 66.5 Å². The maximum Gasteiger partial charge on any atom is 0.472 e. The van der Waals surface area contributed by atoms with Crippen LogP contribution in [0.5, 0.6) is 0 Å². The van der Waals surface area contributed by atoms with Gasteiger partial charge in [-0.2, -0.15) is 0 Å². The first kappa shape index (κ1) is 76.9. The fourth-order valence-electron chi connectivity index (χ4n) is 9.10. The lowest BCUT2D eigenvalue weighted by Gasteiger charge is -2.21. The van der Waals surface area contributed by atoms with E-state index in [4.69, 9.17) is 23.3 Å². The summed E-state index contributed by atoms with van der Waals surface area (Å²) in [5.74, 6) is -1.48. The van der Waals surface area contributed by atoms with Crippen LogP contribution < -0.4 is 0 Å². The molecule has 0 aromatic rings. The maximum absolute atomic E-state index is 13.0. The number of aliphatic hydroxyl groups is 1. The average Bonchev–Trinajstić information content (AvgIpc) is 3.45. The molecule has 0 rings (SSSR count). The molecule has 0 saturated carbocycles. The Labute approximate surface area is 490 Å². The fourth-order valence-corrected chi connectivity index (χ4v) is 9.89. The number of esters is 3. The molecule has 2 N–H and O–H groups in total. The summed E-state index contributed by atoms with van der Waals surface area (Å²) in [6.45, 7) is 4.54. The summed E-state index contributed by atoms with van der Waals surface area (Å²) in [6, 6.07) is 0. The Kier molecular flexibility index (Phi) is 59.6. The molecule has 0 saturated heterocycles. The molecule has 3 atom stereocenters. The first-order chi connectivity index (χ1) is 39.2. The molecule has 12 heteroatoms. The highest BCUT2D eigenvalue weighted by atomic mass is 31.2. The van der Waals surface area contributed by atoms with Crippen LogP contribution >= 0.6 is 7.82 Å². The van der Waals surface area contributed by atoms with E-state index in [1.165, 1.54) is 122 Å². The Morgan fingerprint density at radius 2 is 0.650 bits per heavy atom. The van der Waals surface area contributed by atoms with Crippen LogP contribution in [-0.2, 0) is 42.2 Å². The summed E-state index contributed by atoms with van der Waals surface area (Å²) in [6.07, 6.45) is 71.3. The average molecular weight is 1150 g/mol. The van der Waals surface area contributed by atoms with Crippen LogP contribution in [0.2, 0.25) is 0 Å². The predicted octanol–water partition coefficient (Wildman–Crippen LogP) is 20.0. The van der Waals surface area contributed by atoms with Crippen LogP contribution in [0.25, 0.3) is 0 Å². The third kappa shape index (κ3) is 59.5. The van der Waals surface area contributed by atoms with Crippen LogP contribution in [0.1, 0.15) is 303 Å². The van der Waals surface area contributed by atoms with Gasteiger partial charge in [0.25, 0.3) is 0 Å². The number of aliphatic hydroxyl groups excluding tert-OH is 1. The van der Waals surface area contributed by atoms with Gasteiger partial charge in [-0.1, -0.05) is 248 Å². The lowest BCUT2D eigenvalue weighted by molar-refractivity contribution is -0.161. The summed E-state index contributed by atoms with van der Waals surface area (Å²) >= 11 is 0. The van der Waals surface area contributed by atoms with E-state index in [9.17, 15) is 28.9 Å². The summed E-state index contributed by atoms with van der Waals surface area (Å²) in [5, 5.41) is 9.85. The number of carbonyl (C=O) groups excluding carboxylic acids is 3. The van der Waals surface area contributed by atoms with E-state index in [0.717, 1.165) is 122 Å². The minimum absolute atomic E-state index is 0.161. The molecule has 0 aromatic carbocycles. The molecule has 0 aromatic heterocycles. The van der Waals surface area contributed by atoms with Gasteiger partial charge in [-0.3, -0.25) is 23.4 Å². The molecular weight excluding hydrogens is 1020 g/mol. The number of carbonyl (C=O) groups is 3. The Bertz CT molecular complexity index is 1620. The van der Waals surface area contributed by atoms with E-state index in [1.807, 2.05) is 0 Å². The zero-order chi connectivity index (χ0) is 58.3. The molecule has 80 heavy (non-hydrogen) atoms. The van der Waals surface area contributed by atoms with Crippen molar-refractivity contribution in [2.45, 2.75) is 315 Å². The highest BCUT2D eigenvalue weighted by Crippen LogP contribution is 2.43. The van der Waals surface area contributed by atoms with E-state index in [-0.39, 0.29) is 25.9 Å².